The third-order valence-electron chi connectivity index (χ3n) is 3.23. The average Bonchev–Trinajstić information content (AvgIpc) is 2.83. The van der Waals surface area contributed by atoms with Gasteiger partial charge >= 0.3 is 0 Å². The van der Waals surface area contributed by atoms with Gasteiger partial charge in [0, 0.05) is 23.4 Å². The van der Waals surface area contributed by atoms with Gasteiger partial charge < -0.3 is 0 Å². The summed E-state index contributed by atoms with van der Waals surface area (Å²) in [6, 6.07) is 11.8. The largest absolute Gasteiger partial charge is 0.284 e. The highest BCUT2D eigenvalue weighted by Gasteiger charge is 2.24. The van der Waals surface area contributed by atoms with E-state index in [4.69, 9.17) is 0 Å². The number of thioether (sulfide) groups is 1. The number of benzene rings is 1. The van der Waals surface area contributed by atoms with Crippen molar-refractivity contribution in [1.82, 2.24) is 9.55 Å². The molecule has 0 bridgehead atoms. The topological polar surface area (TPSA) is 34.9 Å². The lowest BCUT2D eigenvalue weighted by atomic mass is 10.1. The Hall–Kier alpha value is -1.55. The third-order valence-corrected chi connectivity index (χ3v) is 4.33. The molecule has 2 heterocycles. The lowest BCUT2D eigenvalue weighted by Crippen LogP contribution is -2.23. The zero-order valence-corrected chi connectivity index (χ0v) is 11.0. The predicted octanol–water partition coefficient (Wildman–Crippen LogP) is 2.97. The molecule has 0 aliphatic carbocycles. The second kappa shape index (κ2) is 4.61. The van der Waals surface area contributed by atoms with Crippen molar-refractivity contribution in [2.24, 2.45) is 0 Å². The Morgan fingerprint density at radius 2 is 2.17 bits per heavy atom. The fraction of sp³-hybridized carbons (Fsp3) is 0.286. The summed E-state index contributed by atoms with van der Waals surface area (Å²) in [5.41, 5.74) is 1.84. The van der Waals surface area contributed by atoms with E-state index in [0.717, 1.165) is 28.6 Å². The first-order valence-electron chi connectivity index (χ1n) is 6.11. The minimum Gasteiger partial charge on any atom is -0.284 e. The van der Waals surface area contributed by atoms with E-state index in [1.165, 1.54) is 0 Å². The molecule has 1 aliphatic rings. The molecule has 1 aliphatic heterocycles. The van der Waals surface area contributed by atoms with E-state index in [1.54, 1.807) is 17.8 Å². The fourth-order valence-electron chi connectivity index (χ4n) is 2.21. The molecule has 1 aromatic carbocycles. The Bertz CT molecular complexity index is 621. The number of rotatable bonds is 2. The molecule has 0 saturated heterocycles. The Kier molecular flexibility index (Phi) is 2.96. The van der Waals surface area contributed by atoms with Crippen LogP contribution in [0, 0.1) is 0 Å². The van der Waals surface area contributed by atoms with Gasteiger partial charge in [0.05, 0.1) is 5.69 Å². The van der Waals surface area contributed by atoms with E-state index in [-0.39, 0.29) is 5.56 Å². The lowest BCUT2D eigenvalue weighted by molar-refractivity contribution is 0.492. The van der Waals surface area contributed by atoms with Crippen LogP contribution in [-0.4, -0.2) is 15.3 Å². The molecule has 0 spiro atoms. The van der Waals surface area contributed by atoms with Gasteiger partial charge in [-0.15, -0.1) is 0 Å². The predicted molar refractivity (Wildman–Crippen MR) is 74.0 cm³/mol. The first kappa shape index (κ1) is 11.5. The van der Waals surface area contributed by atoms with Gasteiger partial charge in [0.25, 0.3) is 5.56 Å². The number of aromatic nitrogens is 2. The van der Waals surface area contributed by atoms with E-state index in [1.807, 2.05) is 34.9 Å². The molecule has 0 amide bonds. The standard InChI is InChI=1S/C14H14N2OS/c1-2-11-9-18-14-15-12(8-13(17)16(11)14)10-6-4-3-5-7-10/h3-8,11H,2,9H2,1H3. The van der Waals surface area contributed by atoms with Crippen molar-refractivity contribution in [3.63, 3.8) is 0 Å². The fourth-order valence-corrected chi connectivity index (χ4v) is 3.48. The summed E-state index contributed by atoms with van der Waals surface area (Å²) in [5, 5.41) is 0.855. The molecule has 92 valence electrons. The average molecular weight is 258 g/mol. The molecule has 3 nitrogen and oxygen atoms in total. The van der Waals surface area contributed by atoms with Crippen LogP contribution < -0.4 is 5.56 Å². The molecule has 4 heteroatoms. The molecule has 3 rings (SSSR count). The second-order valence-corrected chi connectivity index (χ2v) is 5.36. The van der Waals surface area contributed by atoms with Gasteiger partial charge in [-0.3, -0.25) is 9.36 Å². The Morgan fingerprint density at radius 1 is 1.39 bits per heavy atom. The van der Waals surface area contributed by atoms with Crippen LogP contribution in [0.15, 0.2) is 46.3 Å². The van der Waals surface area contributed by atoms with Crippen molar-refractivity contribution in [2.45, 2.75) is 24.5 Å². The van der Waals surface area contributed by atoms with Gasteiger partial charge in [-0.05, 0) is 6.42 Å². The third kappa shape index (κ3) is 1.86. The minimum atomic E-state index is 0.0655. The summed E-state index contributed by atoms with van der Waals surface area (Å²) in [4.78, 5) is 16.8. The van der Waals surface area contributed by atoms with Crippen molar-refractivity contribution in [1.29, 1.82) is 0 Å². The van der Waals surface area contributed by atoms with E-state index >= 15 is 0 Å². The summed E-state index contributed by atoms with van der Waals surface area (Å²) < 4.78 is 1.83. The molecular formula is C14H14N2OS. The molecule has 0 radical (unpaired) electrons. The molecule has 1 atom stereocenters. The Balaban J connectivity index is 2.12. The molecule has 18 heavy (non-hydrogen) atoms. The minimum absolute atomic E-state index is 0.0655. The van der Waals surface area contributed by atoms with Crippen LogP contribution in [0.1, 0.15) is 19.4 Å². The number of hydrogen-bond donors (Lipinski definition) is 0. The molecule has 1 unspecified atom stereocenters. The van der Waals surface area contributed by atoms with E-state index in [9.17, 15) is 4.79 Å². The van der Waals surface area contributed by atoms with Crippen molar-refractivity contribution in [2.75, 3.05) is 5.75 Å². The van der Waals surface area contributed by atoms with Crippen LogP contribution >= 0.6 is 11.8 Å². The zero-order chi connectivity index (χ0) is 12.5. The lowest BCUT2D eigenvalue weighted by Gasteiger charge is -2.10. The van der Waals surface area contributed by atoms with Gasteiger partial charge in [0.1, 0.15) is 0 Å². The van der Waals surface area contributed by atoms with Crippen LogP contribution in [0.25, 0.3) is 11.3 Å². The highest BCUT2D eigenvalue weighted by atomic mass is 32.2. The summed E-state index contributed by atoms with van der Waals surface area (Å²) in [5.74, 6) is 0.955. The Labute approximate surface area is 110 Å². The van der Waals surface area contributed by atoms with Crippen LogP contribution in [0.5, 0.6) is 0 Å². The first-order valence-corrected chi connectivity index (χ1v) is 7.10. The van der Waals surface area contributed by atoms with Gasteiger partial charge in [-0.1, -0.05) is 49.0 Å². The molecule has 1 aromatic heterocycles. The number of hydrogen-bond acceptors (Lipinski definition) is 3. The smallest absolute Gasteiger partial charge is 0.255 e. The van der Waals surface area contributed by atoms with Crippen LogP contribution in [0.3, 0.4) is 0 Å². The zero-order valence-electron chi connectivity index (χ0n) is 10.2. The molecule has 0 fully saturated rings. The number of fused-ring (bicyclic) bond motifs is 1. The second-order valence-electron chi connectivity index (χ2n) is 4.37. The van der Waals surface area contributed by atoms with Gasteiger partial charge in [0.2, 0.25) is 0 Å². The maximum absolute atomic E-state index is 12.2. The Morgan fingerprint density at radius 3 is 2.89 bits per heavy atom. The molecule has 0 saturated carbocycles. The monoisotopic (exact) mass is 258 g/mol. The van der Waals surface area contributed by atoms with E-state index in [0.29, 0.717) is 6.04 Å². The van der Waals surface area contributed by atoms with Crippen molar-refractivity contribution >= 4 is 11.8 Å². The van der Waals surface area contributed by atoms with E-state index in [2.05, 4.69) is 11.9 Å². The summed E-state index contributed by atoms with van der Waals surface area (Å²) in [6.45, 7) is 2.11. The summed E-state index contributed by atoms with van der Waals surface area (Å²) in [6.07, 6.45) is 0.978. The maximum atomic E-state index is 12.2. The SMILES string of the molecule is CCC1CSc2nc(-c3ccccc3)cc(=O)n21. The van der Waals surface area contributed by atoms with Gasteiger partial charge in [-0.2, -0.15) is 0 Å². The van der Waals surface area contributed by atoms with Crippen LogP contribution in [-0.2, 0) is 0 Å². The molecule has 2 aromatic rings. The summed E-state index contributed by atoms with van der Waals surface area (Å²) >= 11 is 1.68. The van der Waals surface area contributed by atoms with Crippen molar-refractivity contribution < 1.29 is 0 Å². The maximum Gasteiger partial charge on any atom is 0.255 e. The highest BCUT2D eigenvalue weighted by molar-refractivity contribution is 7.99. The normalized spacial score (nSPS) is 17.7. The molecular weight excluding hydrogens is 244 g/mol. The highest BCUT2D eigenvalue weighted by Crippen LogP contribution is 2.32. The van der Waals surface area contributed by atoms with E-state index < -0.39 is 0 Å². The van der Waals surface area contributed by atoms with Crippen molar-refractivity contribution in [3.05, 3.63) is 46.8 Å². The summed E-state index contributed by atoms with van der Waals surface area (Å²) in [7, 11) is 0. The quantitative estimate of drug-likeness (QED) is 0.777. The molecule has 0 N–H and O–H groups in total. The van der Waals surface area contributed by atoms with Gasteiger partial charge in [-0.25, -0.2) is 4.98 Å². The number of nitrogens with zero attached hydrogens (tertiary/aromatic N) is 2. The van der Waals surface area contributed by atoms with Crippen LogP contribution in [0.2, 0.25) is 0 Å². The van der Waals surface area contributed by atoms with Crippen LogP contribution in [0.4, 0.5) is 0 Å². The van der Waals surface area contributed by atoms with Gasteiger partial charge in [0.15, 0.2) is 5.16 Å². The van der Waals surface area contributed by atoms with Crippen molar-refractivity contribution in [3.8, 4) is 11.3 Å². The first-order chi connectivity index (χ1) is 8.79.